The average Bonchev–Trinajstić information content (AvgIpc) is 2.25. The van der Waals surface area contributed by atoms with E-state index in [2.05, 4.69) is 18.7 Å². The van der Waals surface area contributed by atoms with Gasteiger partial charge in [-0.15, -0.1) is 0 Å². The van der Waals surface area contributed by atoms with Crippen LogP contribution in [0, 0.1) is 11.3 Å². The summed E-state index contributed by atoms with van der Waals surface area (Å²) in [6.07, 6.45) is 1.13. The van der Waals surface area contributed by atoms with Crippen molar-refractivity contribution in [2.75, 3.05) is 18.5 Å². The first-order chi connectivity index (χ1) is 7.91. The lowest BCUT2D eigenvalue weighted by Gasteiger charge is -2.22. The number of benzene rings is 1. The second-order valence-electron chi connectivity index (χ2n) is 4.68. The molecule has 0 amide bonds. The highest BCUT2D eigenvalue weighted by Crippen LogP contribution is 2.26. The fourth-order valence-electron chi connectivity index (χ4n) is 1.56. The van der Waals surface area contributed by atoms with E-state index in [0.29, 0.717) is 16.5 Å². The maximum absolute atomic E-state index is 7.35. The van der Waals surface area contributed by atoms with Gasteiger partial charge in [0.05, 0.1) is 10.7 Å². The molecule has 0 unspecified atom stereocenters. The summed E-state index contributed by atoms with van der Waals surface area (Å²) in [6, 6.07) is 5.49. The third-order valence-electron chi connectivity index (χ3n) is 2.71. The molecular formula is C13H20ClN3. The van der Waals surface area contributed by atoms with Crippen molar-refractivity contribution in [3.8, 4) is 0 Å². The fraction of sp³-hybridized carbons (Fsp3) is 0.462. The van der Waals surface area contributed by atoms with Crippen LogP contribution in [0.3, 0.4) is 0 Å². The van der Waals surface area contributed by atoms with Crippen LogP contribution >= 0.6 is 11.6 Å². The first kappa shape index (κ1) is 13.8. The van der Waals surface area contributed by atoms with Gasteiger partial charge in [0.2, 0.25) is 0 Å². The van der Waals surface area contributed by atoms with Gasteiger partial charge in [0.1, 0.15) is 5.84 Å². The maximum atomic E-state index is 7.35. The van der Waals surface area contributed by atoms with Crippen LogP contribution in [0.4, 0.5) is 5.69 Å². The number of nitrogen functional groups attached to an aromatic ring is 1. The average molecular weight is 254 g/mol. The molecule has 0 radical (unpaired) electrons. The zero-order valence-electron chi connectivity index (χ0n) is 10.6. The predicted molar refractivity (Wildman–Crippen MR) is 75.2 cm³/mol. The number of hydrogen-bond acceptors (Lipinski definition) is 2. The fourth-order valence-corrected chi connectivity index (χ4v) is 1.88. The van der Waals surface area contributed by atoms with Crippen LogP contribution in [-0.4, -0.2) is 19.4 Å². The second kappa shape index (κ2) is 5.92. The van der Waals surface area contributed by atoms with Crippen molar-refractivity contribution in [1.82, 2.24) is 0 Å². The Morgan fingerprint density at radius 1 is 1.47 bits per heavy atom. The lowest BCUT2D eigenvalue weighted by molar-refractivity contribution is 0.585. The van der Waals surface area contributed by atoms with Crippen molar-refractivity contribution in [3.05, 3.63) is 28.8 Å². The molecule has 4 heteroatoms. The summed E-state index contributed by atoms with van der Waals surface area (Å²) in [6.45, 7) is 5.37. The number of anilines is 1. The lowest BCUT2D eigenvalue weighted by Crippen LogP contribution is -2.20. The van der Waals surface area contributed by atoms with E-state index in [1.165, 1.54) is 0 Å². The molecule has 0 aromatic heterocycles. The highest BCUT2D eigenvalue weighted by atomic mass is 35.5. The number of amidine groups is 1. The number of rotatable bonds is 5. The van der Waals surface area contributed by atoms with E-state index in [1.54, 1.807) is 6.07 Å². The standard InChI is InChI=1S/C13H20ClN3/c1-9(2)6-7-17(3)12-5-4-10(13(15)16)8-11(12)14/h4-5,8-9H,6-7H2,1-3H3,(H3,15,16). The summed E-state index contributed by atoms with van der Waals surface area (Å²) in [5.41, 5.74) is 7.06. The zero-order chi connectivity index (χ0) is 13.0. The summed E-state index contributed by atoms with van der Waals surface area (Å²) in [5, 5.41) is 8.00. The van der Waals surface area contributed by atoms with Gasteiger partial charge in [0.15, 0.2) is 0 Å². The van der Waals surface area contributed by atoms with Crippen molar-refractivity contribution in [2.45, 2.75) is 20.3 Å². The molecule has 0 saturated heterocycles. The molecular weight excluding hydrogens is 234 g/mol. The van der Waals surface area contributed by atoms with Gasteiger partial charge in [-0.2, -0.15) is 0 Å². The van der Waals surface area contributed by atoms with Crippen LogP contribution in [0.2, 0.25) is 5.02 Å². The minimum atomic E-state index is 0.0447. The third-order valence-corrected chi connectivity index (χ3v) is 3.01. The van der Waals surface area contributed by atoms with Crippen LogP contribution in [0.5, 0.6) is 0 Å². The van der Waals surface area contributed by atoms with E-state index in [-0.39, 0.29) is 5.84 Å². The highest BCUT2D eigenvalue weighted by Gasteiger charge is 2.08. The van der Waals surface area contributed by atoms with Crippen molar-refractivity contribution < 1.29 is 0 Å². The second-order valence-corrected chi connectivity index (χ2v) is 5.09. The first-order valence-electron chi connectivity index (χ1n) is 5.77. The van der Waals surface area contributed by atoms with Gasteiger partial charge < -0.3 is 10.6 Å². The van der Waals surface area contributed by atoms with Crippen LogP contribution in [0.1, 0.15) is 25.8 Å². The number of nitrogens with two attached hydrogens (primary N) is 1. The highest BCUT2D eigenvalue weighted by molar-refractivity contribution is 6.33. The first-order valence-corrected chi connectivity index (χ1v) is 6.14. The van der Waals surface area contributed by atoms with Crippen molar-refractivity contribution in [1.29, 1.82) is 5.41 Å². The number of hydrogen-bond donors (Lipinski definition) is 2. The van der Waals surface area contributed by atoms with Gasteiger partial charge in [-0.3, -0.25) is 5.41 Å². The van der Waals surface area contributed by atoms with Gasteiger partial charge >= 0.3 is 0 Å². The third kappa shape index (κ3) is 3.93. The van der Waals surface area contributed by atoms with Gasteiger partial charge in [-0.25, -0.2) is 0 Å². The summed E-state index contributed by atoms with van der Waals surface area (Å²) in [4.78, 5) is 2.13. The Morgan fingerprint density at radius 3 is 2.59 bits per heavy atom. The summed E-state index contributed by atoms with van der Waals surface area (Å²) in [7, 11) is 2.02. The Labute approximate surface area is 108 Å². The van der Waals surface area contributed by atoms with Crippen LogP contribution in [0.25, 0.3) is 0 Å². The molecule has 1 rings (SSSR count). The molecule has 0 atom stereocenters. The van der Waals surface area contributed by atoms with E-state index in [9.17, 15) is 0 Å². The van der Waals surface area contributed by atoms with Crippen molar-refractivity contribution >= 4 is 23.1 Å². The van der Waals surface area contributed by atoms with Gasteiger partial charge in [0, 0.05) is 19.2 Å². The summed E-state index contributed by atoms with van der Waals surface area (Å²) >= 11 is 6.19. The largest absolute Gasteiger partial charge is 0.384 e. The topological polar surface area (TPSA) is 53.1 Å². The molecule has 3 nitrogen and oxygen atoms in total. The minimum Gasteiger partial charge on any atom is -0.384 e. The van der Waals surface area contributed by atoms with E-state index in [1.807, 2.05) is 19.2 Å². The number of nitrogens with one attached hydrogen (secondary N) is 1. The Hall–Kier alpha value is -1.22. The molecule has 0 fully saturated rings. The Balaban J connectivity index is 2.81. The summed E-state index contributed by atoms with van der Waals surface area (Å²) in [5.74, 6) is 0.719. The van der Waals surface area contributed by atoms with Crippen molar-refractivity contribution in [3.63, 3.8) is 0 Å². The molecule has 0 heterocycles. The molecule has 1 aromatic carbocycles. The molecule has 94 valence electrons. The van der Waals surface area contributed by atoms with Crippen LogP contribution in [0.15, 0.2) is 18.2 Å². The van der Waals surface area contributed by atoms with E-state index in [0.717, 1.165) is 18.7 Å². The molecule has 0 aliphatic heterocycles. The Kier molecular flexibility index (Phi) is 4.82. The van der Waals surface area contributed by atoms with Crippen LogP contribution < -0.4 is 10.6 Å². The quantitative estimate of drug-likeness (QED) is 0.626. The normalized spacial score (nSPS) is 10.6. The van der Waals surface area contributed by atoms with E-state index in [4.69, 9.17) is 22.7 Å². The Bertz CT molecular complexity index is 402. The molecule has 0 aliphatic carbocycles. The van der Waals surface area contributed by atoms with Gasteiger partial charge in [-0.1, -0.05) is 25.4 Å². The monoisotopic (exact) mass is 253 g/mol. The molecule has 1 aromatic rings. The molecule has 17 heavy (non-hydrogen) atoms. The van der Waals surface area contributed by atoms with E-state index < -0.39 is 0 Å². The molecule has 0 bridgehead atoms. The lowest BCUT2D eigenvalue weighted by atomic mass is 10.1. The van der Waals surface area contributed by atoms with E-state index >= 15 is 0 Å². The van der Waals surface area contributed by atoms with Gasteiger partial charge in [0.25, 0.3) is 0 Å². The SMILES string of the molecule is CC(C)CCN(C)c1ccc(C(=N)N)cc1Cl. The maximum Gasteiger partial charge on any atom is 0.122 e. The molecule has 0 aliphatic rings. The zero-order valence-corrected chi connectivity index (χ0v) is 11.4. The molecule has 0 spiro atoms. The Morgan fingerprint density at radius 2 is 2.12 bits per heavy atom. The smallest absolute Gasteiger partial charge is 0.122 e. The number of halogens is 1. The van der Waals surface area contributed by atoms with Crippen molar-refractivity contribution in [2.24, 2.45) is 11.7 Å². The number of nitrogens with zero attached hydrogens (tertiary/aromatic N) is 1. The minimum absolute atomic E-state index is 0.0447. The molecule has 0 saturated carbocycles. The predicted octanol–water partition coefficient (Wildman–Crippen LogP) is 3.11. The van der Waals surface area contributed by atoms with Gasteiger partial charge in [-0.05, 0) is 30.5 Å². The molecule has 3 N–H and O–H groups in total. The summed E-state index contributed by atoms with van der Waals surface area (Å²) < 4.78 is 0. The van der Waals surface area contributed by atoms with Crippen LogP contribution in [-0.2, 0) is 0 Å².